The monoisotopic (exact) mass is 281 g/mol. The lowest BCUT2D eigenvalue weighted by Gasteiger charge is -2.37. The van der Waals surface area contributed by atoms with Crippen molar-refractivity contribution in [2.24, 2.45) is 0 Å². The molecule has 5 nitrogen and oxygen atoms in total. The Kier molecular flexibility index (Phi) is 5.02. The number of rotatable bonds is 2. The maximum absolute atomic E-state index is 12.7. The third-order valence-electron chi connectivity index (χ3n) is 4.53. The lowest BCUT2D eigenvalue weighted by molar-refractivity contribution is -0.139. The normalized spacial score (nSPS) is 28.1. The van der Waals surface area contributed by atoms with E-state index in [0.717, 1.165) is 45.3 Å². The third kappa shape index (κ3) is 3.32. The summed E-state index contributed by atoms with van der Waals surface area (Å²) in [5, 5.41) is 3.39. The Morgan fingerprint density at radius 3 is 2.40 bits per heavy atom. The molecule has 1 N–H and O–H groups in total. The number of hydrogen-bond donors (Lipinski definition) is 1. The van der Waals surface area contributed by atoms with Gasteiger partial charge in [0.05, 0.1) is 5.54 Å². The van der Waals surface area contributed by atoms with Crippen LogP contribution in [-0.2, 0) is 9.59 Å². The second-order valence-corrected chi connectivity index (χ2v) is 6.10. The van der Waals surface area contributed by atoms with E-state index in [2.05, 4.69) is 5.32 Å². The summed E-state index contributed by atoms with van der Waals surface area (Å²) in [6, 6.07) is 0. The van der Waals surface area contributed by atoms with Gasteiger partial charge in [0.15, 0.2) is 0 Å². The van der Waals surface area contributed by atoms with Gasteiger partial charge in [0, 0.05) is 32.6 Å². The van der Waals surface area contributed by atoms with E-state index in [1.807, 2.05) is 23.6 Å². The summed E-state index contributed by atoms with van der Waals surface area (Å²) in [6.45, 7) is 7.73. The fourth-order valence-corrected chi connectivity index (χ4v) is 3.18. The molecule has 1 atom stereocenters. The van der Waals surface area contributed by atoms with Crippen LogP contribution in [0.15, 0.2) is 0 Å². The minimum atomic E-state index is -0.401. The predicted octanol–water partition coefficient (Wildman–Crippen LogP) is 0.989. The Morgan fingerprint density at radius 1 is 1.05 bits per heavy atom. The lowest BCUT2D eigenvalue weighted by atomic mass is 9.89. The molecule has 0 saturated carbocycles. The average molecular weight is 281 g/mol. The molecule has 0 aromatic carbocycles. The molecule has 0 radical (unpaired) electrons. The molecule has 0 aromatic rings. The summed E-state index contributed by atoms with van der Waals surface area (Å²) in [5.41, 5.74) is -0.401. The zero-order chi connectivity index (χ0) is 14.6. The zero-order valence-corrected chi connectivity index (χ0v) is 12.8. The van der Waals surface area contributed by atoms with Gasteiger partial charge in [0.25, 0.3) is 0 Å². The highest BCUT2D eigenvalue weighted by Crippen LogP contribution is 2.22. The number of nitrogens with one attached hydrogen (secondary N) is 1. The van der Waals surface area contributed by atoms with E-state index < -0.39 is 5.54 Å². The highest BCUT2D eigenvalue weighted by molar-refractivity contribution is 5.86. The Balaban J connectivity index is 1.95. The first-order chi connectivity index (χ1) is 9.57. The van der Waals surface area contributed by atoms with Crippen molar-refractivity contribution in [3.05, 3.63) is 0 Å². The highest BCUT2D eigenvalue weighted by Gasteiger charge is 2.37. The van der Waals surface area contributed by atoms with Crippen molar-refractivity contribution in [3.8, 4) is 0 Å². The summed E-state index contributed by atoms with van der Waals surface area (Å²) in [7, 11) is 0. The molecular formula is C15H27N3O2. The molecule has 5 heteroatoms. The van der Waals surface area contributed by atoms with Gasteiger partial charge in [-0.3, -0.25) is 9.59 Å². The third-order valence-corrected chi connectivity index (χ3v) is 4.53. The molecule has 1 unspecified atom stereocenters. The van der Waals surface area contributed by atoms with Crippen molar-refractivity contribution in [2.75, 3.05) is 32.7 Å². The number of piperidine rings is 1. The molecule has 0 aromatic heterocycles. The maximum atomic E-state index is 12.7. The second-order valence-electron chi connectivity index (χ2n) is 6.10. The smallest absolute Gasteiger partial charge is 0.242 e. The molecule has 0 aliphatic carbocycles. The highest BCUT2D eigenvalue weighted by atomic mass is 16.2. The summed E-state index contributed by atoms with van der Waals surface area (Å²) in [4.78, 5) is 28.3. The van der Waals surface area contributed by atoms with Gasteiger partial charge < -0.3 is 15.1 Å². The number of hydrogen-bond acceptors (Lipinski definition) is 3. The van der Waals surface area contributed by atoms with Gasteiger partial charge in [-0.1, -0.05) is 6.92 Å². The maximum Gasteiger partial charge on any atom is 0.242 e. The van der Waals surface area contributed by atoms with Crippen molar-refractivity contribution in [3.63, 3.8) is 0 Å². The molecule has 0 bridgehead atoms. The molecular weight excluding hydrogens is 254 g/mol. The predicted molar refractivity (Wildman–Crippen MR) is 78.3 cm³/mol. The molecule has 0 spiro atoms. The van der Waals surface area contributed by atoms with Crippen molar-refractivity contribution < 1.29 is 9.59 Å². The van der Waals surface area contributed by atoms with E-state index >= 15 is 0 Å². The number of amides is 2. The van der Waals surface area contributed by atoms with E-state index in [4.69, 9.17) is 0 Å². The van der Waals surface area contributed by atoms with E-state index in [-0.39, 0.29) is 11.8 Å². The van der Waals surface area contributed by atoms with Gasteiger partial charge in [-0.25, -0.2) is 0 Å². The summed E-state index contributed by atoms with van der Waals surface area (Å²) >= 11 is 0. The van der Waals surface area contributed by atoms with Crippen LogP contribution < -0.4 is 5.32 Å². The first-order valence-corrected chi connectivity index (χ1v) is 7.89. The molecule has 114 valence electrons. The Morgan fingerprint density at radius 2 is 1.75 bits per heavy atom. The molecule has 2 aliphatic heterocycles. The SMILES string of the molecule is CCC(=O)N1CCCN(C(=O)C2(C)CCCCN2)CC1. The van der Waals surface area contributed by atoms with Crippen LogP contribution in [0.3, 0.4) is 0 Å². The van der Waals surface area contributed by atoms with Crippen molar-refractivity contribution in [2.45, 2.75) is 51.5 Å². The van der Waals surface area contributed by atoms with Gasteiger partial charge in [0.1, 0.15) is 0 Å². The molecule has 2 saturated heterocycles. The standard InChI is InChI=1S/C15H27N3O2/c1-3-13(19)17-9-6-10-18(12-11-17)14(20)15(2)7-4-5-8-16-15/h16H,3-12H2,1-2H3. The van der Waals surface area contributed by atoms with E-state index in [9.17, 15) is 9.59 Å². The minimum absolute atomic E-state index is 0.196. The number of carbonyl (C=O) groups is 2. The quantitative estimate of drug-likeness (QED) is 0.821. The van der Waals surface area contributed by atoms with Crippen LogP contribution >= 0.6 is 0 Å². The van der Waals surface area contributed by atoms with Gasteiger partial charge in [-0.2, -0.15) is 0 Å². The van der Waals surface area contributed by atoms with Crippen LogP contribution in [0, 0.1) is 0 Å². The fraction of sp³-hybridized carbons (Fsp3) is 0.867. The van der Waals surface area contributed by atoms with Crippen LogP contribution in [0.2, 0.25) is 0 Å². The van der Waals surface area contributed by atoms with E-state index in [1.54, 1.807) is 0 Å². The summed E-state index contributed by atoms with van der Waals surface area (Å²) in [5.74, 6) is 0.407. The average Bonchev–Trinajstić information content (AvgIpc) is 2.72. The van der Waals surface area contributed by atoms with Crippen molar-refractivity contribution in [1.82, 2.24) is 15.1 Å². The molecule has 2 rings (SSSR count). The van der Waals surface area contributed by atoms with Gasteiger partial charge in [-0.15, -0.1) is 0 Å². The molecule has 20 heavy (non-hydrogen) atoms. The van der Waals surface area contributed by atoms with Crippen LogP contribution in [0.25, 0.3) is 0 Å². The molecule has 2 amide bonds. The van der Waals surface area contributed by atoms with Crippen LogP contribution in [0.1, 0.15) is 46.0 Å². The zero-order valence-electron chi connectivity index (χ0n) is 12.8. The van der Waals surface area contributed by atoms with E-state index in [1.165, 1.54) is 0 Å². The van der Waals surface area contributed by atoms with Gasteiger partial charge >= 0.3 is 0 Å². The second kappa shape index (κ2) is 6.57. The number of nitrogens with zero attached hydrogens (tertiary/aromatic N) is 2. The minimum Gasteiger partial charge on any atom is -0.341 e. The van der Waals surface area contributed by atoms with Crippen LogP contribution in [0.4, 0.5) is 0 Å². The summed E-state index contributed by atoms with van der Waals surface area (Å²) in [6.07, 6.45) is 4.62. The van der Waals surface area contributed by atoms with Crippen molar-refractivity contribution in [1.29, 1.82) is 0 Å². The first kappa shape index (κ1) is 15.3. The van der Waals surface area contributed by atoms with Crippen LogP contribution in [-0.4, -0.2) is 59.9 Å². The van der Waals surface area contributed by atoms with Gasteiger partial charge in [0.2, 0.25) is 11.8 Å². The Bertz CT molecular complexity index is 364. The molecule has 2 aliphatic rings. The van der Waals surface area contributed by atoms with E-state index in [0.29, 0.717) is 19.5 Å². The largest absolute Gasteiger partial charge is 0.341 e. The first-order valence-electron chi connectivity index (χ1n) is 7.89. The van der Waals surface area contributed by atoms with Crippen molar-refractivity contribution >= 4 is 11.8 Å². The Hall–Kier alpha value is -1.10. The van der Waals surface area contributed by atoms with Crippen LogP contribution in [0.5, 0.6) is 0 Å². The fourth-order valence-electron chi connectivity index (χ4n) is 3.18. The summed E-state index contributed by atoms with van der Waals surface area (Å²) < 4.78 is 0. The molecule has 2 fully saturated rings. The molecule has 2 heterocycles. The Labute approximate surface area is 121 Å². The van der Waals surface area contributed by atoms with Gasteiger partial charge in [-0.05, 0) is 39.2 Å². The lowest BCUT2D eigenvalue weighted by Crippen LogP contribution is -2.58. The number of carbonyl (C=O) groups excluding carboxylic acids is 2. The topological polar surface area (TPSA) is 52.7 Å².